The van der Waals surface area contributed by atoms with Gasteiger partial charge in [0.05, 0.1) is 38.4 Å². The SMILES string of the molecule is Cc1nnc(NC(=O)CCCc2cn(CCCC[C@H](NC(=O)C[C@H](NC(=O)C[C@H](NC(=O)CCC(C)(c3ccc(O)cc3)c3ccc(O)cc3)C(=O)O)C(=O)O)C(=O)NCCOCCOCCCC(=O)c3ccc(F)cc3)nn2)s1. The lowest BCUT2D eigenvalue weighted by molar-refractivity contribution is -0.145. The highest BCUT2D eigenvalue weighted by Gasteiger charge is 2.33. The number of carboxylic acids is 2. The third kappa shape index (κ3) is 21.5. The zero-order valence-corrected chi connectivity index (χ0v) is 45.2. The number of phenols is 2. The number of aromatic nitrogens is 5. The number of carbonyl (C=O) groups is 8. The van der Waals surface area contributed by atoms with Gasteiger partial charge in [-0.15, -0.1) is 15.3 Å². The van der Waals surface area contributed by atoms with Crippen molar-refractivity contribution in [3.05, 3.63) is 112 Å². The van der Waals surface area contributed by atoms with Crippen LogP contribution in [0.2, 0.25) is 0 Å². The zero-order chi connectivity index (χ0) is 58.0. The maximum absolute atomic E-state index is 13.5. The smallest absolute Gasteiger partial charge is 0.326 e. The van der Waals surface area contributed by atoms with Crippen LogP contribution in [0.1, 0.15) is 110 Å². The molecule has 0 spiro atoms. The Bertz CT molecular complexity index is 2800. The number of phenolic OH excluding ortho intramolecular Hbond substituents is 2. The van der Waals surface area contributed by atoms with Gasteiger partial charge in [0.25, 0.3) is 0 Å². The van der Waals surface area contributed by atoms with E-state index in [0.29, 0.717) is 66.2 Å². The van der Waals surface area contributed by atoms with Crippen molar-refractivity contribution in [3.8, 4) is 11.5 Å². The van der Waals surface area contributed by atoms with E-state index in [1.807, 2.05) is 6.92 Å². The predicted octanol–water partition coefficient (Wildman–Crippen LogP) is 4.12. The number of aromatic hydroxyl groups is 2. The molecule has 0 bridgehead atoms. The minimum Gasteiger partial charge on any atom is -0.508 e. The molecule has 0 saturated carbocycles. The van der Waals surface area contributed by atoms with E-state index >= 15 is 0 Å². The van der Waals surface area contributed by atoms with E-state index in [9.17, 15) is 63.2 Å². The normalized spacial score (nSPS) is 12.4. The second-order valence-corrected chi connectivity index (χ2v) is 20.1. The first kappa shape index (κ1) is 62.6. The first-order valence-corrected chi connectivity index (χ1v) is 26.7. The molecular weight excluding hydrogens is 1060 g/mol. The third-order valence-electron chi connectivity index (χ3n) is 12.7. The first-order valence-electron chi connectivity index (χ1n) is 25.9. The molecule has 2 heterocycles. The molecule has 0 radical (unpaired) electrons. The van der Waals surface area contributed by atoms with E-state index in [2.05, 4.69) is 47.1 Å². The number of hydrogen-bond donors (Lipinski definition) is 9. The van der Waals surface area contributed by atoms with Gasteiger partial charge in [0.2, 0.25) is 34.7 Å². The van der Waals surface area contributed by atoms with E-state index in [0.717, 1.165) is 5.01 Å². The number of ketones is 1. The molecule has 5 aromatic rings. The van der Waals surface area contributed by atoms with Gasteiger partial charge in [-0.2, -0.15) is 0 Å². The van der Waals surface area contributed by atoms with Crippen LogP contribution >= 0.6 is 11.3 Å². The second-order valence-electron chi connectivity index (χ2n) is 18.9. The maximum Gasteiger partial charge on any atom is 0.326 e. The topological polar surface area (TPSA) is 353 Å². The molecule has 24 nitrogen and oxygen atoms in total. The molecule has 0 aliphatic heterocycles. The monoisotopic (exact) mass is 1130 g/mol. The van der Waals surface area contributed by atoms with Gasteiger partial charge in [-0.05, 0) is 112 Å². The number of Topliss-reactive ketones (excluding diaryl/α,β-unsaturated/α-hetero) is 1. The number of benzene rings is 3. The van der Waals surface area contributed by atoms with Gasteiger partial charge in [-0.3, -0.25) is 33.4 Å². The summed E-state index contributed by atoms with van der Waals surface area (Å²) in [4.78, 5) is 103. The number of carboxylic acid groups (broad SMARTS) is 2. The summed E-state index contributed by atoms with van der Waals surface area (Å²) < 4.78 is 25.9. The molecule has 0 fully saturated rings. The Morgan fingerprint density at radius 3 is 1.84 bits per heavy atom. The van der Waals surface area contributed by atoms with Crippen LogP contribution in [-0.4, -0.2) is 144 Å². The van der Waals surface area contributed by atoms with E-state index < -0.39 is 77.8 Å². The average Bonchev–Trinajstić information content (AvgIpc) is 4.12. The average molecular weight is 1130 g/mol. The van der Waals surface area contributed by atoms with Crippen LogP contribution < -0.4 is 26.6 Å². The molecule has 26 heteroatoms. The van der Waals surface area contributed by atoms with Crippen molar-refractivity contribution in [2.45, 2.75) is 121 Å². The lowest BCUT2D eigenvalue weighted by Crippen LogP contribution is -2.51. The van der Waals surface area contributed by atoms with Gasteiger partial charge in [0.1, 0.15) is 40.4 Å². The Morgan fingerprint density at radius 1 is 0.662 bits per heavy atom. The molecular formula is C54H67FN10O14S. The number of nitrogens with zero attached hydrogens (tertiary/aromatic N) is 5. The zero-order valence-electron chi connectivity index (χ0n) is 44.4. The maximum atomic E-state index is 13.5. The molecule has 3 atom stereocenters. The highest BCUT2D eigenvalue weighted by Crippen LogP contribution is 2.38. The summed E-state index contributed by atoms with van der Waals surface area (Å²) in [6.07, 6.45) is 2.69. The van der Waals surface area contributed by atoms with Crippen LogP contribution in [0.5, 0.6) is 11.5 Å². The number of hydrogen-bond acceptors (Lipinski definition) is 17. The molecule has 0 saturated heterocycles. The summed E-state index contributed by atoms with van der Waals surface area (Å²) in [5.41, 5.74) is 1.63. The molecule has 0 unspecified atom stereocenters. The van der Waals surface area contributed by atoms with Crippen molar-refractivity contribution in [1.82, 2.24) is 46.5 Å². The molecule has 3 aromatic carbocycles. The number of carbonyl (C=O) groups excluding carboxylic acids is 6. The summed E-state index contributed by atoms with van der Waals surface area (Å²) in [5, 5.41) is 69.4. The Hall–Kier alpha value is -8.23. The highest BCUT2D eigenvalue weighted by atomic mass is 32.1. The van der Waals surface area contributed by atoms with Crippen LogP contribution in [0, 0.1) is 12.7 Å². The van der Waals surface area contributed by atoms with Crippen LogP contribution in [-0.2, 0) is 61.4 Å². The molecule has 5 amide bonds. The molecule has 0 aliphatic rings. The standard InChI is InChI=1S/C54H67FN10O14S/c1-34-61-63-53(80-34)60-46(69)10-5-7-39-33-65(64-62-39)26-4-3-8-42(50(73)56-25-28-79-30-29-78-27-6-9-45(68)35-11-17-38(55)18-12-35)57-48(71)32-44(52(76)77)59-49(72)31-43(51(74)75)58-47(70)23-24-54(2,36-13-19-40(66)20-14-36)37-15-21-41(67)22-16-37/h11-22,33,42-44,66-67H,3-10,23-32H2,1-2H3,(H,56,73)(H,57,71)(H,58,70)(H,59,72)(H,74,75)(H,76,77)(H,60,63,69)/t42-,43-,44-/m0/s1. The molecule has 0 aliphatic carbocycles. The first-order chi connectivity index (χ1) is 38.3. The number of nitrogens with one attached hydrogen (secondary N) is 5. The van der Waals surface area contributed by atoms with Crippen LogP contribution in [0.15, 0.2) is 79.0 Å². The highest BCUT2D eigenvalue weighted by molar-refractivity contribution is 7.15. The van der Waals surface area contributed by atoms with Gasteiger partial charge < -0.3 is 56.5 Å². The van der Waals surface area contributed by atoms with Crippen molar-refractivity contribution in [3.63, 3.8) is 0 Å². The van der Waals surface area contributed by atoms with Gasteiger partial charge >= 0.3 is 11.9 Å². The summed E-state index contributed by atoms with van der Waals surface area (Å²) >= 11 is 1.27. The number of halogens is 1. The number of unbranched alkanes of at least 4 members (excludes halogenated alkanes) is 1. The molecule has 80 heavy (non-hydrogen) atoms. The van der Waals surface area contributed by atoms with E-state index in [4.69, 9.17) is 9.47 Å². The van der Waals surface area contributed by atoms with Crippen molar-refractivity contribution in [1.29, 1.82) is 0 Å². The third-order valence-corrected chi connectivity index (χ3v) is 13.4. The van der Waals surface area contributed by atoms with Crippen LogP contribution in [0.3, 0.4) is 0 Å². The lowest BCUT2D eigenvalue weighted by atomic mass is 9.73. The van der Waals surface area contributed by atoms with Crippen molar-refractivity contribution >= 4 is 63.7 Å². The van der Waals surface area contributed by atoms with E-state index in [1.54, 1.807) is 42.1 Å². The van der Waals surface area contributed by atoms with Gasteiger partial charge in [0.15, 0.2) is 5.78 Å². The van der Waals surface area contributed by atoms with Gasteiger partial charge in [-0.25, -0.2) is 14.0 Å². The fraction of sp³-hybridized carbons (Fsp3) is 0.444. The quantitative estimate of drug-likeness (QED) is 0.0201. The largest absolute Gasteiger partial charge is 0.508 e. The minimum atomic E-state index is -1.87. The summed E-state index contributed by atoms with van der Waals surface area (Å²) in [6, 6.07) is 13.0. The van der Waals surface area contributed by atoms with Crippen LogP contribution in [0.4, 0.5) is 9.52 Å². The molecule has 2 aromatic heterocycles. The number of ether oxygens (including phenoxy) is 2. The van der Waals surface area contributed by atoms with Crippen molar-refractivity contribution in [2.24, 2.45) is 0 Å². The molecule has 9 N–H and O–H groups in total. The summed E-state index contributed by atoms with van der Waals surface area (Å²) in [5.74, 6) is -7.34. The predicted molar refractivity (Wildman–Crippen MR) is 287 cm³/mol. The summed E-state index contributed by atoms with van der Waals surface area (Å²) in [7, 11) is 0. The number of rotatable bonds is 36. The number of amides is 5. The van der Waals surface area contributed by atoms with Crippen molar-refractivity contribution < 1.29 is 72.6 Å². The molecule has 430 valence electrons. The fourth-order valence-electron chi connectivity index (χ4n) is 8.24. The van der Waals surface area contributed by atoms with Gasteiger partial charge in [-0.1, -0.05) is 47.7 Å². The fourth-order valence-corrected chi connectivity index (χ4v) is 8.85. The minimum absolute atomic E-state index is 0.0151. The number of aryl methyl sites for hydroxylation is 3. The van der Waals surface area contributed by atoms with E-state index in [1.165, 1.54) is 59.9 Å². The summed E-state index contributed by atoms with van der Waals surface area (Å²) in [6.45, 7) is 4.73. The Balaban J connectivity index is 1.10. The Morgan fingerprint density at radius 2 is 1.25 bits per heavy atom. The molecule has 5 rings (SSSR count). The Labute approximate surface area is 464 Å². The lowest BCUT2D eigenvalue weighted by Gasteiger charge is -2.31. The second kappa shape index (κ2) is 32.0. The Kier molecular flexibility index (Phi) is 25.0. The van der Waals surface area contributed by atoms with Crippen LogP contribution in [0.25, 0.3) is 0 Å². The van der Waals surface area contributed by atoms with Gasteiger partial charge in [0, 0.05) is 56.1 Å². The van der Waals surface area contributed by atoms with E-state index in [-0.39, 0.29) is 88.3 Å². The number of aliphatic carboxylic acids is 2. The number of anilines is 1. The van der Waals surface area contributed by atoms with Crippen molar-refractivity contribution in [2.75, 3.05) is 38.3 Å².